The van der Waals surface area contributed by atoms with Crippen molar-refractivity contribution in [2.75, 3.05) is 26.3 Å². The molecule has 7 nitrogen and oxygen atoms in total. The molecule has 0 spiro atoms. The highest BCUT2D eigenvalue weighted by Crippen LogP contribution is 2.20. The van der Waals surface area contributed by atoms with Crippen LogP contribution in [0.2, 0.25) is 5.02 Å². The normalized spacial score (nSPS) is 15.3. The molecular formula is C21H20ClN5O2. The van der Waals surface area contributed by atoms with E-state index < -0.39 is 0 Å². The van der Waals surface area contributed by atoms with Gasteiger partial charge in [-0.05, 0) is 23.8 Å². The first kappa shape index (κ1) is 18.3. The maximum absolute atomic E-state index is 13.3. The average molecular weight is 410 g/mol. The van der Waals surface area contributed by atoms with Crippen molar-refractivity contribution in [3.8, 4) is 0 Å². The molecule has 0 bridgehead atoms. The third-order valence-corrected chi connectivity index (χ3v) is 5.70. The number of hydrogen-bond donors (Lipinski definition) is 0. The van der Waals surface area contributed by atoms with Crippen LogP contribution < -0.4 is 5.56 Å². The van der Waals surface area contributed by atoms with Crippen LogP contribution in [0.5, 0.6) is 0 Å². The Morgan fingerprint density at radius 1 is 0.966 bits per heavy atom. The highest BCUT2D eigenvalue weighted by Gasteiger charge is 2.20. The number of fused-ring (bicyclic) bond motifs is 3. The first-order valence-electron chi connectivity index (χ1n) is 9.61. The predicted octanol–water partition coefficient (Wildman–Crippen LogP) is 2.58. The molecule has 2 aromatic carbocycles. The van der Waals surface area contributed by atoms with Crippen molar-refractivity contribution < 1.29 is 4.74 Å². The second kappa shape index (κ2) is 7.59. The van der Waals surface area contributed by atoms with Crippen LogP contribution in [0.25, 0.3) is 16.7 Å². The van der Waals surface area contributed by atoms with Crippen molar-refractivity contribution in [3.63, 3.8) is 0 Å². The van der Waals surface area contributed by atoms with Crippen molar-refractivity contribution in [1.29, 1.82) is 0 Å². The molecule has 0 amide bonds. The van der Waals surface area contributed by atoms with Gasteiger partial charge in [-0.25, -0.2) is 0 Å². The van der Waals surface area contributed by atoms with E-state index in [1.807, 2.05) is 52.9 Å². The molecular weight excluding hydrogens is 390 g/mol. The molecule has 148 valence electrons. The summed E-state index contributed by atoms with van der Waals surface area (Å²) in [6.45, 7) is 4.13. The second-order valence-electron chi connectivity index (χ2n) is 7.14. The fourth-order valence-corrected chi connectivity index (χ4v) is 4.01. The Labute approximate surface area is 172 Å². The summed E-state index contributed by atoms with van der Waals surface area (Å²) in [4.78, 5) is 15.6. The first-order valence-corrected chi connectivity index (χ1v) is 9.99. The topological polar surface area (TPSA) is 64.7 Å². The van der Waals surface area contributed by atoms with Crippen LogP contribution in [0.3, 0.4) is 0 Å². The number of rotatable bonds is 4. The maximum atomic E-state index is 13.3. The van der Waals surface area contributed by atoms with Crippen molar-refractivity contribution >= 4 is 28.3 Å². The van der Waals surface area contributed by atoms with Crippen LogP contribution in [0, 0.1) is 0 Å². The van der Waals surface area contributed by atoms with E-state index in [9.17, 15) is 4.79 Å². The number of benzene rings is 2. The van der Waals surface area contributed by atoms with E-state index in [-0.39, 0.29) is 5.56 Å². The number of halogens is 1. The third kappa shape index (κ3) is 3.31. The van der Waals surface area contributed by atoms with Gasteiger partial charge < -0.3 is 4.74 Å². The van der Waals surface area contributed by atoms with Gasteiger partial charge in [-0.2, -0.15) is 0 Å². The number of nitrogens with zero attached hydrogens (tertiary/aromatic N) is 5. The summed E-state index contributed by atoms with van der Waals surface area (Å²) in [7, 11) is 0. The van der Waals surface area contributed by atoms with E-state index >= 15 is 0 Å². The monoisotopic (exact) mass is 409 g/mol. The van der Waals surface area contributed by atoms with Gasteiger partial charge >= 0.3 is 0 Å². The zero-order valence-electron chi connectivity index (χ0n) is 15.8. The quantitative estimate of drug-likeness (QED) is 0.518. The summed E-state index contributed by atoms with van der Waals surface area (Å²) in [6, 6.07) is 15.1. The maximum Gasteiger partial charge on any atom is 0.263 e. The van der Waals surface area contributed by atoms with Gasteiger partial charge in [0.15, 0.2) is 5.82 Å². The Balaban J connectivity index is 1.69. The molecule has 0 atom stereocenters. The van der Waals surface area contributed by atoms with Crippen LogP contribution in [-0.4, -0.2) is 50.4 Å². The lowest BCUT2D eigenvalue weighted by atomic mass is 10.2. The Morgan fingerprint density at radius 3 is 2.55 bits per heavy atom. The van der Waals surface area contributed by atoms with Gasteiger partial charge in [0.05, 0.1) is 37.2 Å². The fraction of sp³-hybridized carbons (Fsp3) is 0.286. The molecule has 0 N–H and O–H groups in total. The number of para-hydroxylation sites is 1. The summed E-state index contributed by atoms with van der Waals surface area (Å²) in [6.07, 6.45) is 0. The van der Waals surface area contributed by atoms with Crippen molar-refractivity contribution in [3.05, 3.63) is 75.3 Å². The Bertz CT molecular complexity index is 1240. The Morgan fingerprint density at radius 2 is 1.72 bits per heavy atom. The number of hydrogen-bond acceptors (Lipinski definition) is 5. The molecule has 8 heteroatoms. The van der Waals surface area contributed by atoms with Crippen LogP contribution in [-0.2, 0) is 17.8 Å². The summed E-state index contributed by atoms with van der Waals surface area (Å²) in [5.41, 5.74) is 1.58. The highest BCUT2D eigenvalue weighted by atomic mass is 35.5. The lowest BCUT2D eigenvalue weighted by Crippen LogP contribution is -2.36. The molecule has 1 saturated heterocycles. The van der Waals surface area contributed by atoms with Crippen LogP contribution >= 0.6 is 11.6 Å². The number of aromatic nitrogens is 4. The smallest absolute Gasteiger partial charge is 0.263 e. The van der Waals surface area contributed by atoms with E-state index in [1.165, 1.54) is 0 Å². The van der Waals surface area contributed by atoms with Gasteiger partial charge in [-0.1, -0.05) is 41.9 Å². The molecule has 29 heavy (non-hydrogen) atoms. The number of morpholine rings is 1. The van der Waals surface area contributed by atoms with Crippen LogP contribution in [0.4, 0.5) is 0 Å². The minimum absolute atomic E-state index is 0.0988. The van der Waals surface area contributed by atoms with Crippen LogP contribution in [0.15, 0.2) is 53.3 Å². The minimum Gasteiger partial charge on any atom is -0.379 e. The van der Waals surface area contributed by atoms with E-state index in [4.69, 9.17) is 16.3 Å². The van der Waals surface area contributed by atoms with Gasteiger partial charge in [-0.3, -0.25) is 18.7 Å². The first-order chi connectivity index (χ1) is 14.2. The molecule has 1 fully saturated rings. The molecule has 5 rings (SSSR count). The molecule has 0 saturated carbocycles. The third-order valence-electron chi connectivity index (χ3n) is 5.33. The standard InChI is InChI=1S/C21H20ClN5O2/c22-17-7-3-1-5-15(17)13-26-20(28)16-6-2-4-8-18(16)27-19(23-24-21(26)27)14-25-9-11-29-12-10-25/h1-8H,9-14H2. The highest BCUT2D eigenvalue weighted by molar-refractivity contribution is 6.31. The average Bonchev–Trinajstić information content (AvgIpc) is 3.17. The van der Waals surface area contributed by atoms with Gasteiger partial charge in [-0.15, -0.1) is 10.2 Å². The zero-order valence-corrected chi connectivity index (χ0v) is 16.5. The van der Waals surface area contributed by atoms with Crippen molar-refractivity contribution in [2.45, 2.75) is 13.1 Å². The van der Waals surface area contributed by atoms with Gasteiger partial charge in [0.1, 0.15) is 0 Å². The summed E-state index contributed by atoms with van der Waals surface area (Å²) in [5.74, 6) is 1.34. The Kier molecular flexibility index (Phi) is 4.79. The number of ether oxygens (including phenoxy) is 1. The summed E-state index contributed by atoms with van der Waals surface area (Å²) in [5, 5.41) is 10.1. The van der Waals surface area contributed by atoms with E-state index in [1.54, 1.807) is 4.57 Å². The van der Waals surface area contributed by atoms with Gasteiger partial charge in [0.2, 0.25) is 5.78 Å². The lowest BCUT2D eigenvalue weighted by molar-refractivity contribution is 0.0329. The molecule has 3 heterocycles. The van der Waals surface area contributed by atoms with E-state index in [0.29, 0.717) is 42.5 Å². The molecule has 1 aliphatic heterocycles. The lowest BCUT2D eigenvalue weighted by Gasteiger charge is -2.25. The Hall–Kier alpha value is -2.74. The largest absolute Gasteiger partial charge is 0.379 e. The molecule has 0 aliphatic carbocycles. The minimum atomic E-state index is -0.0988. The molecule has 2 aromatic heterocycles. The predicted molar refractivity (Wildman–Crippen MR) is 111 cm³/mol. The van der Waals surface area contributed by atoms with E-state index in [0.717, 1.165) is 30.0 Å². The summed E-state index contributed by atoms with van der Waals surface area (Å²) >= 11 is 6.35. The molecule has 0 unspecified atom stereocenters. The van der Waals surface area contributed by atoms with E-state index in [2.05, 4.69) is 15.1 Å². The van der Waals surface area contributed by atoms with Crippen molar-refractivity contribution in [2.24, 2.45) is 0 Å². The SMILES string of the molecule is O=c1c2ccccc2n2c(CN3CCOCC3)nnc2n1Cc1ccccc1Cl. The molecule has 4 aromatic rings. The summed E-state index contributed by atoms with van der Waals surface area (Å²) < 4.78 is 9.09. The molecule has 0 radical (unpaired) electrons. The zero-order chi connectivity index (χ0) is 19.8. The second-order valence-corrected chi connectivity index (χ2v) is 7.55. The molecule has 1 aliphatic rings. The van der Waals surface area contributed by atoms with Crippen molar-refractivity contribution in [1.82, 2.24) is 24.1 Å². The fourth-order valence-electron chi connectivity index (χ4n) is 3.82. The van der Waals surface area contributed by atoms with Gasteiger partial charge in [0.25, 0.3) is 5.56 Å². The van der Waals surface area contributed by atoms with Gasteiger partial charge in [0, 0.05) is 18.1 Å². The van der Waals surface area contributed by atoms with Crippen LogP contribution in [0.1, 0.15) is 11.4 Å².